The quantitative estimate of drug-likeness (QED) is 0.416. The minimum Gasteiger partial charge on any atom is -0.356 e. The highest BCUT2D eigenvalue weighted by Gasteiger charge is 2.28. The lowest BCUT2D eigenvalue weighted by Gasteiger charge is -2.16. The monoisotopic (exact) mass is 451 g/mol. The molecule has 0 bridgehead atoms. The van der Waals surface area contributed by atoms with E-state index in [1.54, 1.807) is 7.05 Å². The Kier molecular flexibility index (Phi) is 7.79. The maximum atomic E-state index is 11.5. The first-order chi connectivity index (χ1) is 10.4. The molecule has 2 N–H and O–H groups in total. The van der Waals surface area contributed by atoms with Crippen LogP contribution in [0.1, 0.15) is 23.1 Å². The van der Waals surface area contributed by atoms with Crippen molar-refractivity contribution in [3.05, 3.63) is 34.9 Å². The summed E-state index contributed by atoms with van der Waals surface area (Å²) in [5.41, 5.74) is 3.89. The number of halogens is 1. The van der Waals surface area contributed by atoms with Crippen LogP contribution in [-0.2, 0) is 16.3 Å². The second kappa shape index (κ2) is 8.86. The van der Waals surface area contributed by atoms with E-state index in [1.165, 1.54) is 16.7 Å². The normalized spacial score (nSPS) is 20.0. The number of benzene rings is 1. The van der Waals surface area contributed by atoms with E-state index in [0.717, 1.165) is 13.0 Å². The standard InChI is InChI=1S/C16H25N3O2S.HI/c1-12-4-5-14(13(2)10-12)6-8-18-16(17-3)19-15-7-9-22(20,21)11-15;/h4-5,10,15H,6-9,11H2,1-3H3,(H2,17,18,19);1H. The van der Waals surface area contributed by atoms with Crippen LogP contribution in [0.4, 0.5) is 0 Å². The van der Waals surface area contributed by atoms with E-state index >= 15 is 0 Å². The summed E-state index contributed by atoms with van der Waals surface area (Å²) in [5, 5.41) is 6.45. The van der Waals surface area contributed by atoms with E-state index in [-0.39, 0.29) is 41.5 Å². The zero-order valence-electron chi connectivity index (χ0n) is 13.9. The van der Waals surface area contributed by atoms with Gasteiger partial charge in [0, 0.05) is 19.6 Å². The summed E-state index contributed by atoms with van der Waals surface area (Å²) in [6.07, 6.45) is 1.57. The number of guanidine groups is 1. The van der Waals surface area contributed by atoms with Gasteiger partial charge in [-0.3, -0.25) is 4.99 Å². The topological polar surface area (TPSA) is 70.6 Å². The second-order valence-corrected chi connectivity index (χ2v) is 8.15. The molecule has 0 aliphatic carbocycles. The van der Waals surface area contributed by atoms with Crippen molar-refractivity contribution in [2.45, 2.75) is 32.7 Å². The van der Waals surface area contributed by atoms with E-state index in [2.05, 4.69) is 47.7 Å². The predicted octanol–water partition coefficient (Wildman–Crippen LogP) is 1.82. The Hall–Kier alpha value is -0.830. The summed E-state index contributed by atoms with van der Waals surface area (Å²) in [5.74, 6) is 1.14. The molecule has 1 aliphatic rings. The first kappa shape index (κ1) is 20.2. The molecule has 1 aromatic carbocycles. The van der Waals surface area contributed by atoms with Crippen LogP contribution in [0.3, 0.4) is 0 Å². The largest absolute Gasteiger partial charge is 0.356 e. The molecule has 1 saturated heterocycles. The molecule has 0 saturated carbocycles. The Balaban J connectivity index is 0.00000264. The molecule has 1 heterocycles. The fourth-order valence-electron chi connectivity index (χ4n) is 2.74. The lowest BCUT2D eigenvalue weighted by Crippen LogP contribution is -2.44. The number of nitrogens with one attached hydrogen (secondary N) is 2. The molecule has 23 heavy (non-hydrogen) atoms. The molecule has 2 rings (SSSR count). The smallest absolute Gasteiger partial charge is 0.191 e. The summed E-state index contributed by atoms with van der Waals surface area (Å²) >= 11 is 0. The molecular weight excluding hydrogens is 425 g/mol. The van der Waals surface area contributed by atoms with Crippen molar-refractivity contribution in [1.29, 1.82) is 0 Å². The highest BCUT2D eigenvalue weighted by atomic mass is 127. The molecule has 0 aromatic heterocycles. The molecule has 7 heteroatoms. The van der Waals surface area contributed by atoms with Gasteiger partial charge in [0.05, 0.1) is 11.5 Å². The van der Waals surface area contributed by atoms with Gasteiger partial charge in [0.25, 0.3) is 0 Å². The molecule has 1 unspecified atom stereocenters. The summed E-state index contributed by atoms with van der Waals surface area (Å²) in [6.45, 7) is 4.98. The Morgan fingerprint density at radius 2 is 2.09 bits per heavy atom. The molecule has 5 nitrogen and oxygen atoms in total. The third-order valence-electron chi connectivity index (χ3n) is 3.98. The van der Waals surface area contributed by atoms with Crippen LogP contribution < -0.4 is 10.6 Å². The summed E-state index contributed by atoms with van der Waals surface area (Å²) in [6, 6.07) is 6.44. The van der Waals surface area contributed by atoms with Crippen LogP contribution in [0.25, 0.3) is 0 Å². The van der Waals surface area contributed by atoms with Crippen molar-refractivity contribution in [2.75, 3.05) is 25.1 Å². The number of nitrogens with zero attached hydrogens (tertiary/aromatic N) is 1. The highest BCUT2D eigenvalue weighted by Crippen LogP contribution is 2.12. The molecular formula is C16H26IN3O2S. The van der Waals surface area contributed by atoms with E-state index in [4.69, 9.17) is 0 Å². The minimum atomic E-state index is -2.87. The van der Waals surface area contributed by atoms with Crippen molar-refractivity contribution in [3.63, 3.8) is 0 Å². The molecule has 130 valence electrons. The van der Waals surface area contributed by atoms with Crippen LogP contribution in [0, 0.1) is 13.8 Å². The zero-order chi connectivity index (χ0) is 16.2. The Bertz CT molecular complexity index is 659. The van der Waals surface area contributed by atoms with Gasteiger partial charge in [-0.15, -0.1) is 24.0 Å². The SMILES string of the molecule is CN=C(NCCc1ccc(C)cc1C)NC1CCS(=O)(=O)C1.I. The van der Waals surface area contributed by atoms with Crippen molar-refractivity contribution in [1.82, 2.24) is 10.6 Å². The van der Waals surface area contributed by atoms with E-state index in [9.17, 15) is 8.42 Å². The predicted molar refractivity (Wildman–Crippen MR) is 107 cm³/mol. The lowest BCUT2D eigenvalue weighted by atomic mass is 10.0. The fraction of sp³-hybridized carbons (Fsp3) is 0.562. The third-order valence-corrected chi connectivity index (χ3v) is 5.75. The average Bonchev–Trinajstić information content (AvgIpc) is 2.79. The number of sulfone groups is 1. The average molecular weight is 451 g/mol. The van der Waals surface area contributed by atoms with Gasteiger partial charge >= 0.3 is 0 Å². The van der Waals surface area contributed by atoms with Crippen LogP contribution in [0.5, 0.6) is 0 Å². The summed E-state index contributed by atoms with van der Waals surface area (Å²) in [4.78, 5) is 4.17. The molecule has 1 aromatic rings. The van der Waals surface area contributed by atoms with Gasteiger partial charge in [-0.05, 0) is 37.8 Å². The van der Waals surface area contributed by atoms with Gasteiger partial charge in [-0.25, -0.2) is 8.42 Å². The Morgan fingerprint density at radius 1 is 1.35 bits per heavy atom. The molecule has 1 aliphatic heterocycles. The van der Waals surface area contributed by atoms with E-state index < -0.39 is 9.84 Å². The van der Waals surface area contributed by atoms with Crippen molar-refractivity contribution in [3.8, 4) is 0 Å². The van der Waals surface area contributed by atoms with Gasteiger partial charge in [0.15, 0.2) is 15.8 Å². The summed E-state index contributed by atoms with van der Waals surface area (Å²) < 4.78 is 22.9. The number of aliphatic imine (C=N–C) groups is 1. The third kappa shape index (κ3) is 6.29. The maximum absolute atomic E-state index is 11.5. The molecule has 1 atom stereocenters. The number of hydrogen-bond acceptors (Lipinski definition) is 3. The lowest BCUT2D eigenvalue weighted by molar-refractivity contribution is 0.599. The second-order valence-electron chi connectivity index (χ2n) is 5.92. The minimum absolute atomic E-state index is 0. The maximum Gasteiger partial charge on any atom is 0.191 e. The Morgan fingerprint density at radius 3 is 2.65 bits per heavy atom. The molecule has 1 fully saturated rings. The van der Waals surface area contributed by atoms with Crippen LogP contribution in [0.2, 0.25) is 0 Å². The van der Waals surface area contributed by atoms with E-state index in [0.29, 0.717) is 12.4 Å². The van der Waals surface area contributed by atoms with Gasteiger partial charge in [-0.2, -0.15) is 0 Å². The van der Waals surface area contributed by atoms with E-state index in [1.807, 2.05) is 0 Å². The molecule has 0 radical (unpaired) electrons. The number of hydrogen-bond donors (Lipinski definition) is 2. The zero-order valence-corrected chi connectivity index (χ0v) is 17.1. The molecule has 0 amide bonds. The van der Waals surface area contributed by atoms with Crippen molar-refractivity contribution in [2.24, 2.45) is 4.99 Å². The van der Waals surface area contributed by atoms with Gasteiger partial charge in [-0.1, -0.05) is 23.8 Å². The first-order valence-electron chi connectivity index (χ1n) is 7.63. The number of aryl methyl sites for hydroxylation is 2. The molecule has 0 spiro atoms. The van der Waals surface area contributed by atoms with Crippen LogP contribution in [-0.4, -0.2) is 45.5 Å². The van der Waals surface area contributed by atoms with Gasteiger partial charge in [0.2, 0.25) is 0 Å². The Labute approximate surface area is 156 Å². The summed E-state index contributed by atoms with van der Waals surface area (Å²) in [7, 11) is -1.16. The van der Waals surface area contributed by atoms with Crippen LogP contribution >= 0.6 is 24.0 Å². The first-order valence-corrected chi connectivity index (χ1v) is 9.45. The van der Waals surface area contributed by atoms with Gasteiger partial charge in [0.1, 0.15) is 0 Å². The van der Waals surface area contributed by atoms with Crippen molar-refractivity contribution >= 4 is 39.8 Å². The number of rotatable bonds is 4. The van der Waals surface area contributed by atoms with Crippen LogP contribution in [0.15, 0.2) is 23.2 Å². The highest BCUT2D eigenvalue weighted by molar-refractivity contribution is 14.0. The fourth-order valence-corrected chi connectivity index (χ4v) is 4.41. The van der Waals surface area contributed by atoms with Crippen molar-refractivity contribution < 1.29 is 8.42 Å². The van der Waals surface area contributed by atoms with Gasteiger partial charge < -0.3 is 10.6 Å².